The fourth-order valence-electron chi connectivity index (χ4n) is 5.20. The fraction of sp³-hybridized carbons (Fsp3) is 0.458. The van der Waals surface area contributed by atoms with Crippen LogP contribution in [-0.2, 0) is 24.3 Å². The van der Waals surface area contributed by atoms with Gasteiger partial charge in [-0.3, -0.25) is 19.7 Å². The highest BCUT2D eigenvalue weighted by Crippen LogP contribution is 2.32. The van der Waals surface area contributed by atoms with Crippen molar-refractivity contribution in [3.8, 4) is 0 Å². The Morgan fingerprint density at radius 1 is 1.06 bits per heavy atom. The second-order valence-corrected chi connectivity index (χ2v) is 9.07. The second-order valence-electron chi connectivity index (χ2n) is 9.07. The van der Waals surface area contributed by atoms with Gasteiger partial charge in [-0.1, -0.05) is 6.07 Å². The minimum absolute atomic E-state index is 0.00386. The second kappa shape index (κ2) is 7.69. The van der Waals surface area contributed by atoms with E-state index in [1.807, 2.05) is 26.0 Å². The van der Waals surface area contributed by atoms with Crippen molar-refractivity contribution >= 4 is 11.6 Å². The average Bonchev–Trinajstić information content (AvgIpc) is 3.30. The molecular weight excluding hydrogens is 417 g/mol. The van der Waals surface area contributed by atoms with Gasteiger partial charge in [-0.15, -0.1) is 0 Å². The Morgan fingerprint density at radius 2 is 1.81 bits per heavy atom. The van der Waals surface area contributed by atoms with Crippen LogP contribution in [0.5, 0.6) is 0 Å². The van der Waals surface area contributed by atoms with Crippen molar-refractivity contribution in [2.45, 2.75) is 52.0 Å². The number of carbonyl (C=O) groups is 1. The molecule has 1 aromatic carbocycles. The summed E-state index contributed by atoms with van der Waals surface area (Å²) in [6.45, 7) is 4.68. The van der Waals surface area contributed by atoms with Crippen LogP contribution in [0.25, 0.3) is 0 Å². The van der Waals surface area contributed by atoms with Crippen molar-refractivity contribution < 1.29 is 18.0 Å². The summed E-state index contributed by atoms with van der Waals surface area (Å²) in [5.41, 5.74) is 8.13. The van der Waals surface area contributed by atoms with Gasteiger partial charge in [-0.05, 0) is 55.2 Å². The molecule has 1 amide bonds. The van der Waals surface area contributed by atoms with Crippen LogP contribution in [0.15, 0.2) is 29.3 Å². The van der Waals surface area contributed by atoms with E-state index < -0.39 is 12.7 Å². The van der Waals surface area contributed by atoms with Gasteiger partial charge in [0.25, 0.3) is 0 Å². The SMILES string of the molecule is Cc1cc(C2=NCc3cc4c(cc32)CN([C@@H]2CCN(CC(F)(F)F)C2)C(=O)C4)cc(C)n1. The van der Waals surface area contributed by atoms with Gasteiger partial charge in [0.05, 0.1) is 25.2 Å². The average molecular weight is 442 g/mol. The van der Waals surface area contributed by atoms with Crippen LogP contribution in [0.4, 0.5) is 13.2 Å². The normalized spacial score (nSPS) is 21.0. The summed E-state index contributed by atoms with van der Waals surface area (Å²) in [4.78, 5) is 25.2. The number of pyridine rings is 1. The highest BCUT2D eigenvalue weighted by molar-refractivity contribution is 6.15. The molecule has 4 heterocycles. The van der Waals surface area contributed by atoms with Gasteiger partial charge in [-0.25, -0.2) is 0 Å². The van der Waals surface area contributed by atoms with Crippen LogP contribution < -0.4 is 0 Å². The monoisotopic (exact) mass is 442 g/mol. The molecule has 0 saturated carbocycles. The highest BCUT2D eigenvalue weighted by Gasteiger charge is 2.38. The number of fused-ring (bicyclic) bond motifs is 2. The number of rotatable bonds is 3. The standard InChI is InChI=1S/C24H25F3N4O/c1-14-5-17(6-15(2)29-14)23-21-8-19-11-31(20-3-4-30(12-20)13-24(25,26)27)22(32)9-16(19)7-18(21)10-28-23/h5-8,20H,3-4,9-13H2,1-2H3/t20-/m1/s1. The summed E-state index contributed by atoms with van der Waals surface area (Å²) >= 11 is 0. The number of alkyl halides is 3. The van der Waals surface area contributed by atoms with Crippen molar-refractivity contribution in [2.24, 2.45) is 4.99 Å². The third-order valence-electron chi connectivity index (χ3n) is 6.54. The Labute approximate surface area is 185 Å². The Balaban J connectivity index is 1.39. The zero-order valence-corrected chi connectivity index (χ0v) is 18.2. The van der Waals surface area contributed by atoms with Crippen molar-refractivity contribution in [1.29, 1.82) is 0 Å². The molecule has 1 fully saturated rings. The molecule has 168 valence electrons. The van der Waals surface area contributed by atoms with Crippen molar-refractivity contribution in [3.63, 3.8) is 0 Å². The molecule has 2 aromatic rings. The minimum atomic E-state index is -4.21. The quantitative estimate of drug-likeness (QED) is 0.730. The molecule has 0 unspecified atom stereocenters. The molecule has 3 aliphatic heterocycles. The predicted octanol–water partition coefficient (Wildman–Crippen LogP) is 3.57. The zero-order chi connectivity index (χ0) is 22.6. The van der Waals surface area contributed by atoms with Gasteiger partial charge in [0.15, 0.2) is 0 Å². The van der Waals surface area contributed by atoms with Crippen LogP contribution in [-0.4, -0.2) is 58.3 Å². The van der Waals surface area contributed by atoms with Crippen LogP contribution in [0, 0.1) is 13.8 Å². The van der Waals surface area contributed by atoms with E-state index >= 15 is 0 Å². The van der Waals surface area contributed by atoms with Crippen LogP contribution in [0.2, 0.25) is 0 Å². The number of carbonyl (C=O) groups excluding carboxylic acids is 1. The molecule has 5 nitrogen and oxygen atoms in total. The maximum absolute atomic E-state index is 12.8. The molecule has 3 aliphatic rings. The van der Waals surface area contributed by atoms with E-state index in [1.165, 1.54) is 4.90 Å². The number of halogens is 3. The van der Waals surface area contributed by atoms with Crippen LogP contribution in [0.3, 0.4) is 0 Å². The van der Waals surface area contributed by atoms with E-state index in [4.69, 9.17) is 4.99 Å². The lowest BCUT2D eigenvalue weighted by Gasteiger charge is -2.34. The largest absolute Gasteiger partial charge is 0.401 e. The van der Waals surface area contributed by atoms with Crippen molar-refractivity contribution in [1.82, 2.24) is 14.8 Å². The third kappa shape index (κ3) is 4.03. The maximum Gasteiger partial charge on any atom is 0.401 e. The lowest BCUT2D eigenvalue weighted by molar-refractivity contribution is -0.144. The molecule has 1 saturated heterocycles. The Hall–Kier alpha value is -2.74. The summed E-state index contributed by atoms with van der Waals surface area (Å²) in [5.74, 6) is -0.00386. The predicted molar refractivity (Wildman–Crippen MR) is 115 cm³/mol. The summed E-state index contributed by atoms with van der Waals surface area (Å²) in [5, 5.41) is 0. The molecular formula is C24H25F3N4O. The molecule has 0 radical (unpaired) electrons. The van der Waals surface area contributed by atoms with Crippen molar-refractivity contribution in [2.75, 3.05) is 19.6 Å². The number of amides is 1. The maximum atomic E-state index is 12.8. The number of likely N-dealkylation sites (tertiary alicyclic amines) is 1. The molecule has 1 atom stereocenters. The van der Waals surface area contributed by atoms with Crippen LogP contribution >= 0.6 is 0 Å². The van der Waals surface area contributed by atoms with Gasteiger partial charge in [0, 0.05) is 48.2 Å². The molecule has 0 N–H and O–H groups in total. The summed E-state index contributed by atoms with van der Waals surface area (Å²) in [6.07, 6.45) is -3.35. The number of hydrogen-bond donors (Lipinski definition) is 0. The van der Waals surface area contributed by atoms with Gasteiger partial charge in [-0.2, -0.15) is 13.2 Å². The number of aliphatic imine (C=N–C) groups is 1. The molecule has 32 heavy (non-hydrogen) atoms. The first kappa shape index (κ1) is 21.1. The fourth-order valence-corrected chi connectivity index (χ4v) is 5.20. The van der Waals surface area contributed by atoms with E-state index in [9.17, 15) is 18.0 Å². The van der Waals surface area contributed by atoms with E-state index in [0.29, 0.717) is 32.5 Å². The summed E-state index contributed by atoms with van der Waals surface area (Å²) in [7, 11) is 0. The Kier molecular flexibility index (Phi) is 5.08. The lowest BCUT2D eigenvalue weighted by Crippen LogP contribution is -2.45. The number of aromatic nitrogens is 1. The van der Waals surface area contributed by atoms with E-state index in [-0.39, 0.29) is 18.5 Å². The topological polar surface area (TPSA) is 48.8 Å². The van der Waals surface area contributed by atoms with E-state index in [2.05, 4.69) is 17.1 Å². The number of benzene rings is 1. The molecule has 1 aromatic heterocycles. The molecule has 0 bridgehead atoms. The first-order valence-corrected chi connectivity index (χ1v) is 10.9. The first-order chi connectivity index (χ1) is 15.2. The molecule has 0 spiro atoms. The minimum Gasteiger partial charge on any atom is -0.334 e. The van der Waals surface area contributed by atoms with Crippen molar-refractivity contribution in [3.05, 3.63) is 63.5 Å². The third-order valence-corrected chi connectivity index (χ3v) is 6.54. The molecule has 8 heteroatoms. The summed E-state index contributed by atoms with van der Waals surface area (Å²) in [6, 6.07) is 8.10. The smallest absolute Gasteiger partial charge is 0.334 e. The van der Waals surface area contributed by atoms with E-state index in [1.54, 1.807) is 4.90 Å². The summed E-state index contributed by atoms with van der Waals surface area (Å²) < 4.78 is 38.3. The number of aryl methyl sites for hydroxylation is 2. The highest BCUT2D eigenvalue weighted by atomic mass is 19.4. The van der Waals surface area contributed by atoms with Gasteiger partial charge < -0.3 is 4.90 Å². The Morgan fingerprint density at radius 3 is 2.53 bits per heavy atom. The lowest BCUT2D eigenvalue weighted by atomic mass is 9.90. The zero-order valence-electron chi connectivity index (χ0n) is 18.2. The Bertz CT molecular complexity index is 1100. The molecule has 0 aliphatic carbocycles. The first-order valence-electron chi connectivity index (χ1n) is 10.9. The van der Waals surface area contributed by atoms with Crippen LogP contribution in [0.1, 0.15) is 45.6 Å². The number of hydrogen-bond acceptors (Lipinski definition) is 4. The number of nitrogens with zero attached hydrogens (tertiary/aromatic N) is 4. The van der Waals surface area contributed by atoms with Gasteiger partial charge in [0.2, 0.25) is 5.91 Å². The van der Waals surface area contributed by atoms with E-state index in [0.717, 1.165) is 44.9 Å². The van der Waals surface area contributed by atoms with Gasteiger partial charge in [0.1, 0.15) is 0 Å². The van der Waals surface area contributed by atoms with Gasteiger partial charge >= 0.3 is 6.18 Å². The molecule has 5 rings (SSSR count).